The Hall–Kier alpha value is -0.320. The summed E-state index contributed by atoms with van der Waals surface area (Å²) < 4.78 is 0. The van der Waals surface area contributed by atoms with Crippen molar-refractivity contribution in [3.8, 4) is 0 Å². The zero-order valence-corrected chi connectivity index (χ0v) is 12.3. The smallest absolute Gasteiger partial charge is 0.311 e. The number of aliphatic hydroxyl groups is 1. The fourth-order valence-electron chi connectivity index (χ4n) is 3.71. The molecule has 0 unspecified atom stereocenters. The zero-order chi connectivity index (χ0) is 13.0. The molecule has 0 amide bonds. The molecular weight excluding hydrogens is 266 g/mol. The van der Waals surface area contributed by atoms with Crippen molar-refractivity contribution in [2.45, 2.75) is 44.9 Å². The van der Waals surface area contributed by atoms with E-state index in [0.717, 1.165) is 64.6 Å². The Morgan fingerprint density at radius 1 is 1.26 bits per heavy atom. The highest BCUT2D eigenvalue weighted by Gasteiger charge is 2.54. The number of rotatable bonds is 7. The molecule has 1 aliphatic heterocycles. The van der Waals surface area contributed by atoms with Crippen molar-refractivity contribution < 1.29 is 15.0 Å². The number of hydrogen-bond acceptors (Lipinski definition) is 3. The molecule has 0 spiro atoms. The zero-order valence-electron chi connectivity index (χ0n) is 11.5. The molecule has 1 aliphatic carbocycles. The van der Waals surface area contributed by atoms with Gasteiger partial charge in [-0.1, -0.05) is 19.3 Å². The number of carboxylic acids is 1. The molecule has 1 saturated carbocycles. The van der Waals surface area contributed by atoms with E-state index in [1.807, 2.05) is 0 Å². The van der Waals surface area contributed by atoms with Crippen molar-refractivity contribution in [2.75, 3.05) is 26.2 Å². The number of aliphatic carboxylic acids is 1. The first kappa shape index (κ1) is 16.7. The lowest BCUT2D eigenvalue weighted by molar-refractivity contribution is -0.149. The summed E-state index contributed by atoms with van der Waals surface area (Å²) in [6.07, 6.45) is 7.28. The molecule has 5 heteroatoms. The summed E-state index contributed by atoms with van der Waals surface area (Å²) >= 11 is 0. The van der Waals surface area contributed by atoms with Crippen LogP contribution in [-0.4, -0.2) is 47.3 Å². The number of fused-ring (bicyclic) bond motifs is 1. The lowest BCUT2D eigenvalue weighted by Gasteiger charge is -2.23. The van der Waals surface area contributed by atoms with E-state index in [4.69, 9.17) is 5.11 Å². The van der Waals surface area contributed by atoms with Crippen LogP contribution in [0.15, 0.2) is 0 Å². The summed E-state index contributed by atoms with van der Waals surface area (Å²) in [6, 6.07) is 0. The molecule has 0 aromatic carbocycles. The van der Waals surface area contributed by atoms with Crippen molar-refractivity contribution in [1.29, 1.82) is 0 Å². The van der Waals surface area contributed by atoms with Gasteiger partial charge in [-0.3, -0.25) is 4.79 Å². The number of likely N-dealkylation sites (tertiary alicyclic amines) is 1. The highest BCUT2D eigenvalue weighted by Crippen LogP contribution is 2.48. The number of hydrogen-bond donors (Lipinski definition) is 2. The second-order valence-corrected chi connectivity index (χ2v) is 5.92. The third-order valence-corrected chi connectivity index (χ3v) is 4.75. The molecule has 0 aromatic heterocycles. The molecular formula is C14H26ClNO3. The predicted octanol–water partition coefficient (Wildman–Crippen LogP) is 2.15. The summed E-state index contributed by atoms with van der Waals surface area (Å²) in [5, 5.41) is 18.2. The molecule has 4 nitrogen and oxygen atoms in total. The van der Waals surface area contributed by atoms with E-state index in [-0.39, 0.29) is 19.0 Å². The molecule has 2 N–H and O–H groups in total. The average molecular weight is 292 g/mol. The molecule has 2 aliphatic rings. The Morgan fingerprint density at radius 3 is 2.63 bits per heavy atom. The van der Waals surface area contributed by atoms with Gasteiger partial charge >= 0.3 is 5.97 Å². The van der Waals surface area contributed by atoms with E-state index in [0.29, 0.717) is 5.92 Å². The number of aliphatic hydroxyl groups excluding tert-OH is 1. The minimum Gasteiger partial charge on any atom is -0.481 e. The van der Waals surface area contributed by atoms with E-state index >= 15 is 0 Å². The SMILES string of the molecule is Cl.O=C(O)[C@@]12CCC[C@H]1CN(CCCCCCO)C2. The van der Waals surface area contributed by atoms with Crippen molar-refractivity contribution in [1.82, 2.24) is 4.90 Å². The second-order valence-electron chi connectivity index (χ2n) is 5.92. The summed E-state index contributed by atoms with van der Waals surface area (Å²) in [5.74, 6) is -0.194. The Balaban J connectivity index is 0.00000180. The number of unbranched alkanes of at least 4 members (excludes halogenated alkanes) is 3. The number of carboxylic acid groups (broad SMARTS) is 1. The number of carbonyl (C=O) groups is 1. The molecule has 19 heavy (non-hydrogen) atoms. The van der Waals surface area contributed by atoms with Gasteiger partial charge in [0.2, 0.25) is 0 Å². The maximum Gasteiger partial charge on any atom is 0.311 e. The summed E-state index contributed by atoms with van der Waals surface area (Å²) in [5.41, 5.74) is -0.425. The normalized spacial score (nSPS) is 30.1. The first-order valence-corrected chi connectivity index (χ1v) is 7.25. The lowest BCUT2D eigenvalue weighted by Crippen LogP contribution is -2.35. The Kier molecular flexibility index (Phi) is 6.57. The maximum absolute atomic E-state index is 11.5. The van der Waals surface area contributed by atoms with Crippen LogP contribution < -0.4 is 0 Å². The second kappa shape index (κ2) is 7.46. The number of nitrogens with zero attached hydrogens (tertiary/aromatic N) is 1. The summed E-state index contributed by atoms with van der Waals surface area (Å²) in [7, 11) is 0. The molecule has 1 saturated heterocycles. The number of halogens is 1. The molecule has 2 atom stereocenters. The molecule has 0 radical (unpaired) electrons. The van der Waals surface area contributed by atoms with Crippen LogP contribution in [-0.2, 0) is 4.79 Å². The van der Waals surface area contributed by atoms with Gasteiger partial charge < -0.3 is 15.1 Å². The maximum atomic E-state index is 11.5. The molecule has 2 rings (SSSR count). The molecule has 2 fully saturated rings. The largest absolute Gasteiger partial charge is 0.481 e. The molecule has 0 bridgehead atoms. The van der Waals surface area contributed by atoms with Gasteiger partial charge in [-0.05, 0) is 38.1 Å². The van der Waals surface area contributed by atoms with Crippen LogP contribution in [0.1, 0.15) is 44.9 Å². The van der Waals surface area contributed by atoms with Crippen molar-refractivity contribution in [3.63, 3.8) is 0 Å². The van der Waals surface area contributed by atoms with Gasteiger partial charge in [0.15, 0.2) is 0 Å². The van der Waals surface area contributed by atoms with Crippen molar-refractivity contribution >= 4 is 18.4 Å². The van der Waals surface area contributed by atoms with E-state index < -0.39 is 11.4 Å². The van der Waals surface area contributed by atoms with Crippen LogP contribution in [0.25, 0.3) is 0 Å². The first-order chi connectivity index (χ1) is 8.69. The van der Waals surface area contributed by atoms with E-state index in [2.05, 4.69) is 4.90 Å². The topological polar surface area (TPSA) is 60.8 Å². The fraction of sp³-hybridized carbons (Fsp3) is 0.929. The van der Waals surface area contributed by atoms with Gasteiger partial charge in [-0.25, -0.2) is 0 Å². The molecule has 112 valence electrons. The van der Waals surface area contributed by atoms with Gasteiger partial charge in [-0.15, -0.1) is 12.4 Å². The lowest BCUT2D eigenvalue weighted by atomic mass is 9.81. The van der Waals surface area contributed by atoms with Crippen molar-refractivity contribution in [3.05, 3.63) is 0 Å². The van der Waals surface area contributed by atoms with E-state index in [9.17, 15) is 9.90 Å². The summed E-state index contributed by atoms with van der Waals surface area (Å²) in [6.45, 7) is 3.05. The van der Waals surface area contributed by atoms with Gasteiger partial charge in [0.25, 0.3) is 0 Å². The van der Waals surface area contributed by atoms with Crippen LogP contribution in [0.2, 0.25) is 0 Å². The minimum absolute atomic E-state index is 0. The van der Waals surface area contributed by atoms with Crippen LogP contribution in [0.5, 0.6) is 0 Å². The highest BCUT2D eigenvalue weighted by molar-refractivity contribution is 5.85. The summed E-state index contributed by atoms with van der Waals surface area (Å²) in [4.78, 5) is 13.9. The Morgan fingerprint density at radius 2 is 2.00 bits per heavy atom. The average Bonchev–Trinajstić information content (AvgIpc) is 2.86. The van der Waals surface area contributed by atoms with Crippen molar-refractivity contribution in [2.24, 2.45) is 11.3 Å². The third-order valence-electron chi connectivity index (χ3n) is 4.75. The van der Waals surface area contributed by atoms with E-state index in [1.54, 1.807) is 0 Å². The van der Waals surface area contributed by atoms with Crippen LogP contribution >= 0.6 is 12.4 Å². The predicted molar refractivity (Wildman–Crippen MR) is 76.7 cm³/mol. The van der Waals surface area contributed by atoms with Crippen LogP contribution in [0.4, 0.5) is 0 Å². The monoisotopic (exact) mass is 291 g/mol. The Bertz CT molecular complexity index is 300. The standard InChI is InChI=1S/C14H25NO3.ClH/c16-9-4-2-1-3-8-15-10-12-6-5-7-14(12,11-15)13(17)18;/h12,16H,1-11H2,(H,17,18);1H/t12-,14+;/m0./s1. The highest BCUT2D eigenvalue weighted by atomic mass is 35.5. The van der Waals surface area contributed by atoms with E-state index in [1.165, 1.54) is 0 Å². The fourth-order valence-corrected chi connectivity index (χ4v) is 3.71. The first-order valence-electron chi connectivity index (χ1n) is 7.25. The van der Waals surface area contributed by atoms with Crippen LogP contribution in [0, 0.1) is 11.3 Å². The van der Waals surface area contributed by atoms with Gasteiger partial charge in [-0.2, -0.15) is 0 Å². The van der Waals surface area contributed by atoms with Crippen LogP contribution in [0.3, 0.4) is 0 Å². The Labute approximate surface area is 121 Å². The quantitative estimate of drug-likeness (QED) is 0.706. The van der Waals surface area contributed by atoms with Gasteiger partial charge in [0, 0.05) is 19.7 Å². The van der Waals surface area contributed by atoms with Gasteiger partial charge in [0.05, 0.1) is 5.41 Å². The molecule has 1 heterocycles. The molecule has 0 aromatic rings. The minimum atomic E-state index is -0.576. The third kappa shape index (κ3) is 3.61. The van der Waals surface area contributed by atoms with Gasteiger partial charge in [0.1, 0.15) is 0 Å².